The fourth-order valence-electron chi connectivity index (χ4n) is 3.70. The average Bonchev–Trinajstić information content (AvgIpc) is 3.20. The molecule has 0 radical (unpaired) electrons. The van der Waals surface area contributed by atoms with Crippen LogP contribution in [0.2, 0.25) is 0 Å². The van der Waals surface area contributed by atoms with Gasteiger partial charge in [-0.3, -0.25) is 4.79 Å². The normalized spacial score (nSPS) is 14.5. The molecule has 1 aliphatic heterocycles. The number of ether oxygens (including phenoxy) is 2. The van der Waals surface area contributed by atoms with Crippen LogP contribution < -0.4 is 9.64 Å². The zero-order valence-electron chi connectivity index (χ0n) is 17.0. The summed E-state index contributed by atoms with van der Waals surface area (Å²) in [5.41, 5.74) is 2.64. The van der Waals surface area contributed by atoms with Crippen molar-refractivity contribution in [1.82, 2.24) is 0 Å². The number of nitrogens with zero attached hydrogens (tertiary/aromatic N) is 1. The minimum Gasteiger partial charge on any atom is -0.493 e. The number of amides is 1. The monoisotopic (exact) mass is 405 g/mol. The van der Waals surface area contributed by atoms with Gasteiger partial charge >= 0.3 is 5.97 Å². The zero-order valence-corrected chi connectivity index (χ0v) is 17.0. The summed E-state index contributed by atoms with van der Waals surface area (Å²) in [7, 11) is 1.57. The molecule has 0 fully saturated rings. The number of methoxy groups -OCH3 is 1. The molecule has 1 atom stereocenters. The molecule has 0 saturated carbocycles. The first-order valence-corrected chi connectivity index (χ1v) is 9.91. The Balaban J connectivity index is 1.42. The van der Waals surface area contributed by atoms with Crippen LogP contribution in [0.1, 0.15) is 24.7 Å². The molecular weight excluding hydrogens is 382 g/mol. The van der Waals surface area contributed by atoms with Crippen molar-refractivity contribution < 1.29 is 23.5 Å². The van der Waals surface area contributed by atoms with Crippen molar-refractivity contribution in [3.8, 4) is 5.75 Å². The summed E-state index contributed by atoms with van der Waals surface area (Å²) in [5, 5.41) is 0.870. The quantitative estimate of drug-likeness (QED) is 0.466. The van der Waals surface area contributed by atoms with Crippen molar-refractivity contribution >= 4 is 34.6 Å². The van der Waals surface area contributed by atoms with Crippen LogP contribution in [0.25, 0.3) is 17.0 Å². The first-order valence-electron chi connectivity index (χ1n) is 9.91. The van der Waals surface area contributed by atoms with Crippen LogP contribution in [0.4, 0.5) is 5.69 Å². The second-order valence-corrected chi connectivity index (χ2v) is 7.16. The standard InChI is InChI=1S/C24H23NO5/c1-16(24(27)25-14-6-9-17-7-3-4-10-20(17)25)29-22(26)13-12-19-15-18-8-5-11-21(28-2)23(18)30-19/h3-5,7-8,10-13,15-16H,6,9,14H2,1-2H3. The van der Waals surface area contributed by atoms with Gasteiger partial charge in [-0.2, -0.15) is 0 Å². The lowest BCUT2D eigenvalue weighted by atomic mass is 10.0. The van der Waals surface area contributed by atoms with Gasteiger partial charge in [0.25, 0.3) is 5.91 Å². The third-order valence-corrected chi connectivity index (χ3v) is 5.15. The Morgan fingerprint density at radius 1 is 1.17 bits per heavy atom. The lowest BCUT2D eigenvalue weighted by Crippen LogP contribution is -2.42. The molecule has 30 heavy (non-hydrogen) atoms. The number of anilines is 1. The Morgan fingerprint density at radius 3 is 2.83 bits per heavy atom. The van der Waals surface area contributed by atoms with E-state index in [4.69, 9.17) is 13.9 Å². The van der Waals surface area contributed by atoms with Crippen molar-refractivity contribution in [2.75, 3.05) is 18.6 Å². The van der Waals surface area contributed by atoms with E-state index in [0.29, 0.717) is 23.6 Å². The van der Waals surface area contributed by atoms with Crippen LogP contribution in [0.3, 0.4) is 0 Å². The van der Waals surface area contributed by atoms with Crippen LogP contribution in [-0.2, 0) is 20.7 Å². The predicted octanol–water partition coefficient (Wildman–Crippen LogP) is 4.37. The number of rotatable bonds is 5. The third kappa shape index (κ3) is 3.94. The molecule has 0 bridgehead atoms. The van der Waals surface area contributed by atoms with Crippen LogP contribution in [0.15, 0.2) is 59.0 Å². The van der Waals surface area contributed by atoms with Crippen LogP contribution in [-0.4, -0.2) is 31.6 Å². The highest BCUT2D eigenvalue weighted by atomic mass is 16.5. The molecule has 1 aromatic heterocycles. The number of carbonyl (C=O) groups is 2. The maximum absolute atomic E-state index is 12.9. The van der Waals surface area contributed by atoms with Crippen molar-refractivity contribution in [1.29, 1.82) is 0 Å². The SMILES string of the molecule is COc1cccc2cc(C=CC(=O)OC(C)C(=O)N3CCCc4ccccc43)oc12. The van der Waals surface area contributed by atoms with E-state index in [2.05, 4.69) is 0 Å². The number of para-hydroxylation sites is 2. The molecule has 1 amide bonds. The number of carbonyl (C=O) groups excluding carboxylic acids is 2. The Hall–Kier alpha value is -3.54. The minimum atomic E-state index is -0.885. The number of hydrogen-bond donors (Lipinski definition) is 0. The molecule has 0 aliphatic carbocycles. The maximum Gasteiger partial charge on any atom is 0.331 e. The van der Waals surface area contributed by atoms with Gasteiger partial charge in [-0.15, -0.1) is 0 Å². The maximum atomic E-state index is 12.9. The molecule has 6 nitrogen and oxygen atoms in total. The molecule has 154 valence electrons. The predicted molar refractivity (Wildman–Crippen MR) is 114 cm³/mol. The Morgan fingerprint density at radius 2 is 2.00 bits per heavy atom. The summed E-state index contributed by atoms with van der Waals surface area (Å²) >= 11 is 0. The van der Waals surface area contributed by atoms with E-state index in [-0.39, 0.29) is 5.91 Å². The van der Waals surface area contributed by atoms with Crippen molar-refractivity contribution in [2.45, 2.75) is 25.9 Å². The molecule has 6 heteroatoms. The van der Waals surface area contributed by atoms with Gasteiger partial charge in [0.1, 0.15) is 5.76 Å². The van der Waals surface area contributed by atoms with Gasteiger partial charge < -0.3 is 18.8 Å². The second-order valence-electron chi connectivity index (χ2n) is 7.16. The van der Waals surface area contributed by atoms with Gasteiger partial charge in [0, 0.05) is 23.7 Å². The third-order valence-electron chi connectivity index (χ3n) is 5.15. The van der Waals surface area contributed by atoms with E-state index in [9.17, 15) is 9.59 Å². The summed E-state index contributed by atoms with van der Waals surface area (Å²) in [6.07, 6.45) is 3.73. The van der Waals surface area contributed by atoms with Gasteiger partial charge in [-0.1, -0.05) is 30.3 Å². The van der Waals surface area contributed by atoms with Crippen molar-refractivity contribution in [3.63, 3.8) is 0 Å². The van der Waals surface area contributed by atoms with Gasteiger partial charge in [0.15, 0.2) is 17.4 Å². The smallest absolute Gasteiger partial charge is 0.331 e. The zero-order chi connectivity index (χ0) is 21.1. The molecule has 2 aromatic carbocycles. The molecular formula is C24H23NO5. The molecule has 0 spiro atoms. The highest BCUT2D eigenvalue weighted by Gasteiger charge is 2.27. The van der Waals surface area contributed by atoms with E-state index in [1.165, 1.54) is 12.2 Å². The molecule has 1 aliphatic rings. The number of furan rings is 1. The molecule has 0 N–H and O–H groups in total. The summed E-state index contributed by atoms with van der Waals surface area (Å²) in [4.78, 5) is 26.8. The van der Waals surface area contributed by atoms with Gasteiger partial charge in [0.05, 0.1) is 7.11 Å². The number of benzene rings is 2. The lowest BCUT2D eigenvalue weighted by Gasteiger charge is -2.31. The summed E-state index contributed by atoms with van der Waals surface area (Å²) in [6, 6.07) is 15.2. The van der Waals surface area contributed by atoms with E-state index >= 15 is 0 Å². The second kappa shape index (κ2) is 8.45. The largest absolute Gasteiger partial charge is 0.493 e. The summed E-state index contributed by atoms with van der Waals surface area (Å²) < 4.78 is 16.3. The van der Waals surface area contributed by atoms with Crippen LogP contribution >= 0.6 is 0 Å². The summed E-state index contributed by atoms with van der Waals surface area (Å²) in [5.74, 6) is 0.289. The number of fused-ring (bicyclic) bond motifs is 2. The average molecular weight is 405 g/mol. The molecule has 1 unspecified atom stereocenters. The van der Waals surface area contributed by atoms with E-state index in [1.54, 1.807) is 31.1 Å². The molecule has 4 rings (SSSR count). The van der Waals surface area contributed by atoms with Gasteiger partial charge in [0.2, 0.25) is 0 Å². The van der Waals surface area contributed by atoms with E-state index in [1.807, 2.05) is 36.4 Å². The van der Waals surface area contributed by atoms with Crippen LogP contribution in [0.5, 0.6) is 5.75 Å². The summed E-state index contributed by atoms with van der Waals surface area (Å²) in [6.45, 7) is 2.21. The van der Waals surface area contributed by atoms with Gasteiger partial charge in [-0.05, 0) is 49.6 Å². The fraction of sp³-hybridized carbons (Fsp3) is 0.250. The Kier molecular flexibility index (Phi) is 5.57. The Labute approximate surface area is 174 Å². The number of esters is 1. The molecule has 2 heterocycles. The first-order chi connectivity index (χ1) is 14.6. The highest BCUT2D eigenvalue weighted by Crippen LogP contribution is 2.29. The molecule has 0 saturated heterocycles. The molecule has 3 aromatic rings. The number of hydrogen-bond acceptors (Lipinski definition) is 5. The van der Waals surface area contributed by atoms with Crippen molar-refractivity contribution in [2.24, 2.45) is 0 Å². The fourth-order valence-corrected chi connectivity index (χ4v) is 3.70. The van der Waals surface area contributed by atoms with E-state index in [0.717, 1.165) is 29.5 Å². The van der Waals surface area contributed by atoms with Crippen molar-refractivity contribution in [3.05, 3.63) is 65.9 Å². The topological polar surface area (TPSA) is 69.0 Å². The highest BCUT2D eigenvalue weighted by molar-refractivity contribution is 5.99. The Bertz CT molecular complexity index is 1110. The van der Waals surface area contributed by atoms with Gasteiger partial charge in [-0.25, -0.2) is 4.79 Å². The minimum absolute atomic E-state index is 0.225. The first kappa shape index (κ1) is 19.8. The van der Waals surface area contributed by atoms with E-state index < -0.39 is 12.1 Å². The van der Waals surface area contributed by atoms with Crippen LogP contribution in [0, 0.1) is 0 Å². The number of aryl methyl sites for hydroxylation is 1. The lowest BCUT2D eigenvalue weighted by molar-refractivity contribution is -0.149.